The smallest absolute Gasteiger partial charge is 0.0766 e. The molecule has 2 heterocycles. The summed E-state index contributed by atoms with van der Waals surface area (Å²) in [5.41, 5.74) is 11.1. The Labute approximate surface area is 246 Å². The van der Waals surface area contributed by atoms with Crippen molar-refractivity contribution in [2.45, 2.75) is 60.8 Å². The van der Waals surface area contributed by atoms with E-state index in [-0.39, 0.29) is 0 Å². The van der Waals surface area contributed by atoms with E-state index in [4.69, 9.17) is 0 Å². The second kappa shape index (κ2) is 16.6. The summed E-state index contributed by atoms with van der Waals surface area (Å²) in [6.07, 6.45) is 2.28. The lowest BCUT2D eigenvalue weighted by Crippen LogP contribution is -2.11. The first-order valence-electron chi connectivity index (χ1n) is 14.9. The lowest BCUT2D eigenvalue weighted by Gasteiger charge is -2.13. The van der Waals surface area contributed by atoms with E-state index in [2.05, 4.69) is 93.2 Å². The van der Waals surface area contributed by atoms with Gasteiger partial charge in [-0.2, -0.15) is 20.4 Å². The fraction of sp³-hybridized carbons (Fsp3) is 0.243. The molecule has 0 aromatic heterocycles. The first kappa shape index (κ1) is 31.1. The van der Waals surface area contributed by atoms with Crippen molar-refractivity contribution in [1.29, 1.82) is 0 Å². The van der Waals surface area contributed by atoms with Crippen LogP contribution in [0.4, 0.5) is 0 Å². The molecule has 0 saturated carbocycles. The molecular formula is C37H42N4. The Hall–Kier alpha value is -4.44. The van der Waals surface area contributed by atoms with Gasteiger partial charge in [0.15, 0.2) is 0 Å². The molecule has 0 fully saturated rings. The SMILES string of the molecule is CC.CC.CC.c1ccc(C2=NN=C(c3ccccc3Cc3ccccc3C3=NN=C(c4ccccc4)C3)C2)cc1. The second-order valence-corrected chi connectivity index (χ2v) is 8.76. The third-order valence-electron chi connectivity index (χ3n) is 6.50. The van der Waals surface area contributed by atoms with Gasteiger partial charge >= 0.3 is 0 Å². The molecule has 4 heteroatoms. The Balaban J connectivity index is 0.000000725. The van der Waals surface area contributed by atoms with Crippen molar-refractivity contribution < 1.29 is 0 Å². The van der Waals surface area contributed by atoms with Crippen LogP contribution in [0.15, 0.2) is 130 Å². The molecule has 2 aliphatic rings. The van der Waals surface area contributed by atoms with Gasteiger partial charge in [-0.15, -0.1) is 0 Å². The predicted octanol–water partition coefficient (Wildman–Crippen LogP) is 9.55. The van der Waals surface area contributed by atoms with Crippen LogP contribution in [0.25, 0.3) is 0 Å². The van der Waals surface area contributed by atoms with E-state index < -0.39 is 0 Å². The first-order valence-corrected chi connectivity index (χ1v) is 14.9. The van der Waals surface area contributed by atoms with Gasteiger partial charge in [0.05, 0.1) is 22.8 Å². The van der Waals surface area contributed by atoms with E-state index in [0.717, 1.165) is 64.4 Å². The molecule has 0 N–H and O–H groups in total. The van der Waals surface area contributed by atoms with Gasteiger partial charge in [-0.1, -0.05) is 151 Å². The summed E-state index contributed by atoms with van der Waals surface area (Å²) in [4.78, 5) is 0. The maximum atomic E-state index is 4.57. The second-order valence-electron chi connectivity index (χ2n) is 8.76. The molecule has 0 spiro atoms. The van der Waals surface area contributed by atoms with Crippen molar-refractivity contribution in [3.63, 3.8) is 0 Å². The number of benzene rings is 4. The highest BCUT2D eigenvalue weighted by Gasteiger charge is 2.21. The lowest BCUT2D eigenvalue weighted by molar-refractivity contribution is 1.16. The van der Waals surface area contributed by atoms with Gasteiger partial charge in [0, 0.05) is 24.0 Å². The Morgan fingerprint density at radius 2 is 0.707 bits per heavy atom. The highest BCUT2D eigenvalue weighted by atomic mass is 15.2. The Kier molecular flexibility index (Phi) is 12.6. The minimum atomic E-state index is 0.740. The van der Waals surface area contributed by atoms with Gasteiger partial charge in [0.25, 0.3) is 0 Å². The summed E-state index contributed by atoms with van der Waals surface area (Å²) in [7, 11) is 0. The predicted molar refractivity (Wildman–Crippen MR) is 178 cm³/mol. The normalized spacial score (nSPS) is 13.1. The van der Waals surface area contributed by atoms with Gasteiger partial charge in [0.1, 0.15) is 0 Å². The molecule has 4 aromatic rings. The summed E-state index contributed by atoms with van der Waals surface area (Å²) < 4.78 is 0. The summed E-state index contributed by atoms with van der Waals surface area (Å²) in [6.45, 7) is 12.0. The molecule has 0 saturated heterocycles. The molecule has 4 aromatic carbocycles. The molecule has 0 aliphatic carbocycles. The van der Waals surface area contributed by atoms with Gasteiger partial charge < -0.3 is 0 Å². The van der Waals surface area contributed by atoms with Crippen molar-refractivity contribution in [3.05, 3.63) is 143 Å². The van der Waals surface area contributed by atoms with Crippen molar-refractivity contribution in [3.8, 4) is 0 Å². The summed E-state index contributed by atoms with van der Waals surface area (Å²) in [5.74, 6) is 0. The largest absolute Gasteiger partial charge is 0.154 e. The zero-order chi connectivity index (χ0) is 29.5. The number of nitrogens with zero attached hydrogens (tertiary/aromatic N) is 4. The van der Waals surface area contributed by atoms with Crippen LogP contribution in [-0.4, -0.2) is 22.8 Å². The highest BCUT2D eigenvalue weighted by Crippen LogP contribution is 2.25. The van der Waals surface area contributed by atoms with Gasteiger partial charge in [-0.25, -0.2) is 0 Å². The van der Waals surface area contributed by atoms with Crippen LogP contribution in [0.5, 0.6) is 0 Å². The van der Waals surface area contributed by atoms with Gasteiger partial charge in [-0.05, 0) is 28.7 Å². The van der Waals surface area contributed by atoms with Crippen molar-refractivity contribution in [2.24, 2.45) is 20.4 Å². The highest BCUT2D eigenvalue weighted by molar-refractivity contribution is 6.21. The standard InChI is InChI=1S/C31H24N4.3C2H6/c1-3-11-22(12-4-1)28-20-30(34-32-28)26-17-9-7-15-24(26)19-25-16-8-10-18-27(25)31-21-29(33-35-31)23-13-5-2-6-14-23;3*1-2/h1-18H,19-21H2;3*1-2H3. The van der Waals surface area contributed by atoms with Crippen LogP contribution in [-0.2, 0) is 6.42 Å². The third-order valence-corrected chi connectivity index (χ3v) is 6.50. The number of rotatable bonds is 6. The van der Waals surface area contributed by atoms with E-state index >= 15 is 0 Å². The lowest BCUT2D eigenvalue weighted by atomic mass is 9.90. The molecule has 2 aliphatic heterocycles. The van der Waals surface area contributed by atoms with Crippen molar-refractivity contribution in [1.82, 2.24) is 0 Å². The van der Waals surface area contributed by atoms with Crippen LogP contribution < -0.4 is 0 Å². The summed E-state index contributed by atoms with van der Waals surface area (Å²) >= 11 is 0. The molecule has 0 radical (unpaired) electrons. The molecule has 0 unspecified atom stereocenters. The minimum absolute atomic E-state index is 0.740. The fourth-order valence-electron chi connectivity index (χ4n) is 4.70. The van der Waals surface area contributed by atoms with E-state index in [1.54, 1.807) is 0 Å². The van der Waals surface area contributed by atoms with Crippen LogP contribution in [0, 0.1) is 0 Å². The molecule has 210 valence electrons. The van der Waals surface area contributed by atoms with Gasteiger partial charge in [-0.3, -0.25) is 0 Å². The molecule has 4 nitrogen and oxygen atoms in total. The summed E-state index contributed by atoms with van der Waals surface area (Å²) in [6, 6.07) is 37.6. The Morgan fingerprint density at radius 1 is 0.390 bits per heavy atom. The van der Waals surface area contributed by atoms with E-state index in [1.165, 1.54) is 11.1 Å². The molecular weight excluding hydrogens is 500 g/mol. The monoisotopic (exact) mass is 542 g/mol. The number of hydrogen-bond donors (Lipinski definition) is 0. The molecule has 0 bridgehead atoms. The quantitative estimate of drug-likeness (QED) is 0.233. The molecule has 0 atom stereocenters. The third kappa shape index (κ3) is 7.82. The van der Waals surface area contributed by atoms with Crippen LogP contribution in [0.2, 0.25) is 0 Å². The van der Waals surface area contributed by atoms with E-state index in [1.807, 2.05) is 77.9 Å². The Bertz CT molecular complexity index is 1380. The van der Waals surface area contributed by atoms with E-state index in [9.17, 15) is 0 Å². The maximum absolute atomic E-state index is 4.57. The van der Waals surface area contributed by atoms with Crippen molar-refractivity contribution in [2.75, 3.05) is 0 Å². The maximum Gasteiger partial charge on any atom is 0.0766 e. The fourth-order valence-corrected chi connectivity index (χ4v) is 4.70. The van der Waals surface area contributed by atoms with E-state index in [0.29, 0.717) is 0 Å². The first-order chi connectivity index (χ1) is 20.3. The van der Waals surface area contributed by atoms with Crippen molar-refractivity contribution >= 4 is 22.8 Å². The minimum Gasteiger partial charge on any atom is -0.154 e. The van der Waals surface area contributed by atoms with Crippen LogP contribution in [0.3, 0.4) is 0 Å². The topological polar surface area (TPSA) is 49.4 Å². The average Bonchev–Trinajstić information content (AvgIpc) is 3.77. The van der Waals surface area contributed by atoms with Crippen LogP contribution >= 0.6 is 0 Å². The zero-order valence-corrected chi connectivity index (χ0v) is 25.3. The number of hydrogen-bond acceptors (Lipinski definition) is 4. The Morgan fingerprint density at radius 3 is 1.10 bits per heavy atom. The average molecular weight is 543 g/mol. The molecule has 6 rings (SSSR count). The van der Waals surface area contributed by atoms with Gasteiger partial charge in [0.2, 0.25) is 0 Å². The molecule has 41 heavy (non-hydrogen) atoms. The molecule has 0 amide bonds. The van der Waals surface area contributed by atoms with Crippen LogP contribution in [0.1, 0.15) is 87.8 Å². The zero-order valence-electron chi connectivity index (χ0n) is 25.3. The summed E-state index contributed by atoms with van der Waals surface area (Å²) in [5, 5.41) is 18.1.